The summed E-state index contributed by atoms with van der Waals surface area (Å²) in [5.74, 6) is -1.93. The molecule has 1 aromatic heterocycles. The number of aryl methyl sites for hydroxylation is 1. The number of halogens is 5. The van der Waals surface area contributed by atoms with E-state index in [4.69, 9.17) is 9.47 Å². The molecule has 4 aromatic rings. The number of sulfonamides is 1. The van der Waals surface area contributed by atoms with Crippen LogP contribution in [-0.2, 0) is 29.2 Å². The minimum absolute atomic E-state index is 0.116. The van der Waals surface area contributed by atoms with Gasteiger partial charge in [-0.25, -0.2) is 31.5 Å². The Labute approximate surface area is 294 Å². The van der Waals surface area contributed by atoms with E-state index in [0.717, 1.165) is 34.9 Å². The average Bonchev–Trinajstić information content (AvgIpc) is 3.12. The van der Waals surface area contributed by atoms with E-state index in [2.05, 4.69) is 14.9 Å². The van der Waals surface area contributed by atoms with Gasteiger partial charge in [-0.2, -0.15) is 13.2 Å². The first kappa shape index (κ1) is 37.7. The van der Waals surface area contributed by atoms with Gasteiger partial charge >= 0.3 is 6.18 Å². The van der Waals surface area contributed by atoms with Crippen molar-refractivity contribution in [2.75, 3.05) is 50.1 Å². The molecule has 0 N–H and O–H groups in total. The number of alkyl halides is 3. The number of aromatic nitrogens is 2. The lowest BCUT2D eigenvalue weighted by molar-refractivity contribution is -0.137. The Hall–Kier alpha value is -4.50. The van der Waals surface area contributed by atoms with E-state index in [1.165, 1.54) is 32.5 Å². The van der Waals surface area contributed by atoms with Crippen molar-refractivity contribution >= 4 is 21.5 Å². The van der Waals surface area contributed by atoms with Crippen LogP contribution in [0.4, 0.5) is 33.5 Å². The van der Waals surface area contributed by atoms with Gasteiger partial charge in [-0.3, -0.25) is 4.90 Å². The number of rotatable bonds is 13. The van der Waals surface area contributed by atoms with Crippen molar-refractivity contribution in [3.8, 4) is 11.5 Å². The highest BCUT2D eigenvalue weighted by molar-refractivity contribution is 7.92. The van der Waals surface area contributed by atoms with Crippen molar-refractivity contribution in [3.63, 3.8) is 0 Å². The van der Waals surface area contributed by atoms with Crippen molar-refractivity contribution in [2.24, 2.45) is 0 Å². The number of likely N-dealkylation sites (N-methyl/N-ethyl adjacent to an activating group) is 1. The van der Waals surface area contributed by atoms with Gasteiger partial charge in [-0.15, -0.1) is 0 Å². The Morgan fingerprint density at radius 3 is 2.37 bits per heavy atom. The quantitative estimate of drug-likeness (QED) is 0.135. The van der Waals surface area contributed by atoms with E-state index in [1.54, 1.807) is 29.2 Å². The highest BCUT2D eigenvalue weighted by atomic mass is 32.2. The molecule has 0 aliphatic carbocycles. The van der Waals surface area contributed by atoms with E-state index >= 15 is 8.78 Å². The number of piperidine rings is 1. The fraction of sp³-hybridized carbons (Fsp3) is 0.389. The summed E-state index contributed by atoms with van der Waals surface area (Å²) in [6.07, 6.45) is 0.192. The van der Waals surface area contributed by atoms with Crippen LogP contribution in [0.25, 0.3) is 0 Å². The number of hydrogen-bond acceptors (Lipinski definition) is 8. The summed E-state index contributed by atoms with van der Waals surface area (Å²) in [6.45, 7) is 2.99. The average molecular weight is 734 g/mol. The zero-order valence-electron chi connectivity index (χ0n) is 28.8. The van der Waals surface area contributed by atoms with Crippen LogP contribution in [0.15, 0.2) is 78.1 Å². The van der Waals surface area contributed by atoms with Crippen molar-refractivity contribution in [2.45, 2.75) is 55.8 Å². The first-order chi connectivity index (χ1) is 24.2. The van der Waals surface area contributed by atoms with Crippen LogP contribution in [-0.4, -0.2) is 69.7 Å². The minimum atomic E-state index is -4.90. The summed E-state index contributed by atoms with van der Waals surface area (Å²) in [5, 5.41) is 0. The van der Waals surface area contributed by atoms with E-state index in [-0.39, 0.29) is 18.1 Å². The first-order valence-corrected chi connectivity index (χ1v) is 17.8. The third-order valence-electron chi connectivity index (χ3n) is 9.50. The molecule has 1 aliphatic rings. The Kier molecular flexibility index (Phi) is 11.4. The van der Waals surface area contributed by atoms with Crippen LogP contribution in [0.1, 0.15) is 42.9 Å². The lowest BCUT2D eigenvalue weighted by Crippen LogP contribution is -2.58. The Balaban J connectivity index is 1.46. The van der Waals surface area contributed by atoms with E-state index in [0.29, 0.717) is 67.9 Å². The van der Waals surface area contributed by atoms with Crippen LogP contribution >= 0.6 is 0 Å². The zero-order valence-corrected chi connectivity index (χ0v) is 29.6. The molecule has 0 amide bonds. The van der Waals surface area contributed by atoms with Gasteiger partial charge in [-0.05, 0) is 75.2 Å². The molecule has 1 aliphatic heterocycles. The number of anilines is 2. The minimum Gasteiger partial charge on any atom is -0.497 e. The number of benzene rings is 3. The Morgan fingerprint density at radius 2 is 1.75 bits per heavy atom. The van der Waals surface area contributed by atoms with E-state index < -0.39 is 43.8 Å². The fourth-order valence-electron chi connectivity index (χ4n) is 6.60. The first-order valence-electron chi connectivity index (χ1n) is 16.3. The van der Waals surface area contributed by atoms with Crippen molar-refractivity contribution in [1.29, 1.82) is 0 Å². The lowest BCUT2D eigenvalue weighted by Gasteiger charge is -2.49. The maximum atomic E-state index is 16.1. The number of methoxy groups -OCH3 is 2. The molecule has 1 fully saturated rings. The summed E-state index contributed by atoms with van der Waals surface area (Å²) in [4.78, 5) is 10.7. The summed E-state index contributed by atoms with van der Waals surface area (Å²) in [7, 11) is -0.106. The molecule has 0 unspecified atom stereocenters. The van der Waals surface area contributed by atoms with Crippen molar-refractivity contribution in [1.82, 2.24) is 14.9 Å². The predicted octanol–water partition coefficient (Wildman–Crippen LogP) is 7.11. The molecule has 1 saturated heterocycles. The van der Waals surface area contributed by atoms with Gasteiger partial charge in [0.2, 0.25) is 0 Å². The number of nitrogens with zero attached hydrogens (tertiary/aromatic N) is 5. The monoisotopic (exact) mass is 733 g/mol. The molecule has 1 atom stereocenters. The van der Waals surface area contributed by atoms with Crippen LogP contribution in [0.5, 0.6) is 11.5 Å². The maximum Gasteiger partial charge on any atom is 0.416 e. The summed E-state index contributed by atoms with van der Waals surface area (Å²) in [5.41, 5.74) is -0.168. The maximum absolute atomic E-state index is 16.1. The molecule has 5 rings (SSSR count). The van der Waals surface area contributed by atoms with Gasteiger partial charge in [0.05, 0.1) is 26.3 Å². The van der Waals surface area contributed by atoms with Crippen LogP contribution in [0, 0.1) is 11.6 Å². The second-order valence-electron chi connectivity index (χ2n) is 12.5. The van der Waals surface area contributed by atoms with E-state index in [1.807, 2.05) is 14.0 Å². The van der Waals surface area contributed by atoms with Crippen LogP contribution in [0.3, 0.4) is 0 Å². The SMILES string of the molecule is CCN(C)[C@@]1(CCc2cccc(C(F)(F)F)c2)CCCN(c2cc(F)c(S(=O)(=O)N(Cc3ccc(OC)cc3OC)c3ccncn3)c(F)c2)C1. The molecule has 0 spiro atoms. The molecule has 0 saturated carbocycles. The molecule has 274 valence electrons. The largest absolute Gasteiger partial charge is 0.497 e. The topological polar surface area (TPSA) is 88.1 Å². The van der Waals surface area contributed by atoms with Gasteiger partial charge in [0, 0.05) is 48.2 Å². The van der Waals surface area contributed by atoms with Gasteiger partial charge in [0.25, 0.3) is 10.0 Å². The molecule has 3 aromatic carbocycles. The highest BCUT2D eigenvalue weighted by Gasteiger charge is 2.40. The number of ether oxygens (including phenoxy) is 2. The molecular weight excluding hydrogens is 693 g/mol. The second kappa shape index (κ2) is 15.4. The zero-order chi connectivity index (χ0) is 37.0. The third kappa shape index (κ3) is 8.19. The molecule has 2 heterocycles. The predicted molar refractivity (Wildman–Crippen MR) is 184 cm³/mol. The summed E-state index contributed by atoms with van der Waals surface area (Å²) < 4.78 is 112. The van der Waals surface area contributed by atoms with Gasteiger partial charge in [0.15, 0.2) is 4.90 Å². The third-order valence-corrected chi connectivity index (χ3v) is 11.3. The van der Waals surface area contributed by atoms with Gasteiger partial charge in [-0.1, -0.05) is 25.1 Å². The van der Waals surface area contributed by atoms with Crippen molar-refractivity contribution in [3.05, 3.63) is 102 Å². The second-order valence-corrected chi connectivity index (χ2v) is 14.3. The van der Waals surface area contributed by atoms with Crippen molar-refractivity contribution < 1.29 is 39.8 Å². The molecule has 0 radical (unpaired) electrons. The lowest BCUT2D eigenvalue weighted by atomic mass is 9.81. The van der Waals surface area contributed by atoms with Crippen LogP contribution in [0.2, 0.25) is 0 Å². The Bertz CT molecular complexity index is 1910. The van der Waals surface area contributed by atoms with Gasteiger partial charge < -0.3 is 14.4 Å². The fourth-order valence-corrected chi connectivity index (χ4v) is 8.09. The molecule has 0 bridgehead atoms. The standard InChI is InChI=1S/C36H40F5N5O4S/c1-5-44(2)35(15-12-25-8-6-9-27(18-25)36(39,40)41)14-7-17-45(23-35)28-19-30(37)34(31(38)20-28)51(47,48)46(33-13-16-42-24-43-33)22-26-10-11-29(49-3)21-32(26)50-4/h6,8-11,13,16,18-21,24H,5,7,12,14-15,17,22-23H2,1-4H3/t35-/m1/s1. The Morgan fingerprint density at radius 1 is 1.00 bits per heavy atom. The normalized spacial score (nSPS) is 16.7. The smallest absolute Gasteiger partial charge is 0.416 e. The highest BCUT2D eigenvalue weighted by Crippen LogP contribution is 2.38. The molecule has 15 heteroatoms. The number of hydrogen-bond donors (Lipinski definition) is 0. The molecule has 51 heavy (non-hydrogen) atoms. The van der Waals surface area contributed by atoms with Crippen LogP contribution < -0.4 is 18.7 Å². The summed E-state index contributed by atoms with van der Waals surface area (Å²) >= 11 is 0. The molecule has 9 nitrogen and oxygen atoms in total. The molecular formula is C36H40F5N5O4S. The van der Waals surface area contributed by atoms with E-state index in [9.17, 15) is 21.6 Å². The van der Waals surface area contributed by atoms with Gasteiger partial charge in [0.1, 0.15) is 35.3 Å². The summed E-state index contributed by atoms with van der Waals surface area (Å²) in [6, 6.07) is 13.3.